The lowest BCUT2D eigenvalue weighted by molar-refractivity contribution is -0.113. The summed E-state index contributed by atoms with van der Waals surface area (Å²) in [6, 6.07) is 9.77. The van der Waals surface area contributed by atoms with Gasteiger partial charge in [-0.25, -0.2) is 0 Å². The number of rotatable bonds is 3. The minimum Gasteiger partial charge on any atom is -0.504 e. The van der Waals surface area contributed by atoms with Crippen LogP contribution in [0.1, 0.15) is 5.56 Å². The summed E-state index contributed by atoms with van der Waals surface area (Å²) in [7, 11) is 1.47. The zero-order valence-corrected chi connectivity index (χ0v) is 16.0. The Balaban J connectivity index is 1.92. The van der Waals surface area contributed by atoms with Gasteiger partial charge in [0, 0.05) is 0 Å². The molecule has 128 valence electrons. The van der Waals surface area contributed by atoms with Crippen molar-refractivity contribution >= 4 is 69.2 Å². The molecule has 0 saturated carbocycles. The molecular formula is C17H11Cl2NO3S2. The molecule has 0 spiro atoms. The number of thioether (sulfide) groups is 1. The van der Waals surface area contributed by atoms with Crippen LogP contribution < -0.4 is 9.64 Å². The lowest BCUT2D eigenvalue weighted by Gasteiger charge is -2.15. The lowest BCUT2D eigenvalue weighted by Crippen LogP contribution is -2.27. The topological polar surface area (TPSA) is 49.8 Å². The van der Waals surface area contributed by atoms with E-state index in [0.29, 0.717) is 36.3 Å². The Kier molecular flexibility index (Phi) is 5.24. The van der Waals surface area contributed by atoms with E-state index in [1.807, 2.05) is 0 Å². The highest BCUT2D eigenvalue weighted by molar-refractivity contribution is 8.27. The summed E-state index contributed by atoms with van der Waals surface area (Å²) in [4.78, 5) is 14.6. The molecule has 0 atom stereocenters. The summed E-state index contributed by atoms with van der Waals surface area (Å²) in [6.07, 6.45) is 1.66. The first-order valence-electron chi connectivity index (χ1n) is 7.00. The van der Waals surface area contributed by atoms with Gasteiger partial charge in [-0.05, 0) is 42.0 Å². The molecule has 8 heteroatoms. The molecule has 1 amide bonds. The lowest BCUT2D eigenvalue weighted by atomic mass is 10.2. The molecule has 1 aliphatic rings. The third kappa shape index (κ3) is 3.62. The molecule has 3 rings (SSSR count). The SMILES string of the molecule is COc1ccc(/C=C2\SC(=S)N(c3ccc(Cl)c(Cl)c3)C2=O)cc1O. The molecule has 0 aliphatic carbocycles. The number of carbonyl (C=O) groups excluding carboxylic acids is 1. The molecule has 0 bridgehead atoms. The maximum atomic E-state index is 12.7. The van der Waals surface area contributed by atoms with Gasteiger partial charge in [0.15, 0.2) is 15.8 Å². The predicted octanol–water partition coefficient (Wildman–Crippen LogP) is 5.11. The fourth-order valence-corrected chi connectivity index (χ4v) is 3.85. The van der Waals surface area contributed by atoms with Gasteiger partial charge >= 0.3 is 0 Å². The largest absolute Gasteiger partial charge is 0.504 e. The van der Waals surface area contributed by atoms with Gasteiger partial charge in [0.2, 0.25) is 0 Å². The number of halogens is 2. The first kappa shape index (κ1) is 18.1. The number of aromatic hydroxyl groups is 1. The van der Waals surface area contributed by atoms with E-state index in [-0.39, 0.29) is 11.7 Å². The Bertz CT molecular complexity index is 915. The van der Waals surface area contributed by atoms with E-state index in [9.17, 15) is 9.90 Å². The van der Waals surface area contributed by atoms with Crippen molar-refractivity contribution in [3.05, 3.63) is 56.9 Å². The van der Waals surface area contributed by atoms with Gasteiger partial charge in [-0.3, -0.25) is 9.69 Å². The smallest absolute Gasteiger partial charge is 0.270 e. The third-order valence-corrected chi connectivity index (χ3v) is 5.50. The first-order valence-corrected chi connectivity index (χ1v) is 8.99. The van der Waals surface area contributed by atoms with Crippen LogP contribution in [0.25, 0.3) is 6.08 Å². The quantitative estimate of drug-likeness (QED) is 0.561. The first-order chi connectivity index (χ1) is 11.9. The Morgan fingerprint density at radius 1 is 1.20 bits per heavy atom. The van der Waals surface area contributed by atoms with E-state index < -0.39 is 0 Å². The number of phenols is 1. The number of amides is 1. The van der Waals surface area contributed by atoms with E-state index in [0.717, 1.165) is 0 Å². The van der Waals surface area contributed by atoms with Gasteiger partial charge in [0.05, 0.1) is 27.7 Å². The van der Waals surface area contributed by atoms with Crippen molar-refractivity contribution in [1.82, 2.24) is 0 Å². The highest BCUT2D eigenvalue weighted by Gasteiger charge is 2.33. The van der Waals surface area contributed by atoms with Crippen LogP contribution >= 0.6 is 47.2 Å². The summed E-state index contributed by atoms with van der Waals surface area (Å²) >= 11 is 18.4. The summed E-state index contributed by atoms with van der Waals surface area (Å²) in [5, 5.41) is 10.6. The van der Waals surface area contributed by atoms with Crippen LogP contribution in [-0.2, 0) is 4.79 Å². The van der Waals surface area contributed by atoms with Crippen LogP contribution in [0.5, 0.6) is 11.5 Å². The van der Waals surface area contributed by atoms with Gasteiger partial charge < -0.3 is 9.84 Å². The molecule has 1 saturated heterocycles. The number of thiocarbonyl (C=S) groups is 1. The molecule has 4 nitrogen and oxygen atoms in total. The monoisotopic (exact) mass is 411 g/mol. The van der Waals surface area contributed by atoms with Crippen LogP contribution in [-0.4, -0.2) is 22.4 Å². The average Bonchev–Trinajstić information content (AvgIpc) is 2.84. The second-order valence-electron chi connectivity index (χ2n) is 5.05. The number of hydrogen-bond acceptors (Lipinski definition) is 5. The molecule has 0 aromatic heterocycles. The van der Waals surface area contributed by atoms with Gasteiger partial charge in [-0.1, -0.05) is 53.2 Å². The molecule has 1 aliphatic heterocycles. The number of benzene rings is 2. The summed E-state index contributed by atoms with van der Waals surface area (Å²) in [5.74, 6) is 0.0976. The van der Waals surface area contributed by atoms with Crippen molar-refractivity contribution in [3.63, 3.8) is 0 Å². The molecule has 25 heavy (non-hydrogen) atoms. The molecular weight excluding hydrogens is 401 g/mol. The van der Waals surface area contributed by atoms with Crippen LogP contribution in [0.15, 0.2) is 41.3 Å². The van der Waals surface area contributed by atoms with Gasteiger partial charge in [0.1, 0.15) is 0 Å². The highest BCUT2D eigenvalue weighted by atomic mass is 35.5. The van der Waals surface area contributed by atoms with Gasteiger partial charge in [-0.15, -0.1) is 0 Å². The third-order valence-electron chi connectivity index (χ3n) is 3.46. The number of ether oxygens (including phenoxy) is 1. The number of nitrogens with zero attached hydrogens (tertiary/aromatic N) is 1. The minimum atomic E-state index is -0.260. The van der Waals surface area contributed by atoms with Crippen LogP contribution in [0.2, 0.25) is 10.0 Å². The Morgan fingerprint density at radius 3 is 2.60 bits per heavy atom. The maximum Gasteiger partial charge on any atom is 0.270 e. The molecule has 1 fully saturated rings. The molecule has 1 N–H and O–H groups in total. The predicted molar refractivity (Wildman–Crippen MR) is 107 cm³/mol. The Labute approximate surface area is 164 Å². The fourth-order valence-electron chi connectivity index (χ4n) is 2.26. The summed E-state index contributed by atoms with van der Waals surface area (Å²) < 4.78 is 5.40. The van der Waals surface area contributed by atoms with E-state index >= 15 is 0 Å². The van der Waals surface area contributed by atoms with Crippen molar-refractivity contribution in [2.45, 2.75) is 0 Å². The van der Waals surface area contributed by atoms with Crippen molar-refractivity contribution < 1.29 is 14.6 Å². The Hall–Kier alpha value is -1.73. The molecule has 1 heterocycles. The number of anilines is 1. The van der Waals surface area contributed by atoms with Crippen molar-refractivity contribution in [3.8, 4) is 11.5 Å². The van der Waals surface area contributed by atoms with E-state index in [1.54, 1.807) is 36.4 Å². The van der Waals surface area contributed by atoms with E-state index in [1.165, 1.54) is 29.8 Å². The standard InChI is InChI=1S/C17H11Cl2NO3S2/c1-23-14-5-2-9(6-13(14)21)7-15-16(22)20(17(24)25-15)10-3-4-11(18)12(19)8-10/h2-8,21H,1H3/b15-7-. The van der Waals surface area contributed by atoms with E-state index in [2.05, 4.69) is 0 Å². The highest BCUT2D eigenvalue weighted by Crippen LogP contribution is 2.38. The summed E-state index contributed by atoms with van der Waals surface area (Å²) in [5.41, 5.74) is 1.21. The normalized spacial score (nSPS) is 16.0. The molecule has 2 aromatic rings. The van der Waals surface area contributed by atoms with Gasteiger partial charge in [0.25, 0.3) is 5.91 Å². The second-order valence-corrected chi connectivity index (χ2v) is 7.54. The van der Waals surface area contributed by atoms with Crippen molar-refractivity contribution in [1.29, 1.82) is 0 Å². The van der Waals surface area contributed by atoms with Crippen LogP contribution in [0.3, 0.4) is 0 Å². The second kappa shape index (κ2) is 7.25. The van der Waals surface area contributed by atoms with Gasteiger partial charge in [-0.2, -0.15) is 0 Å². The average molecular weight is 412 g/mol. The Morgan fingerprint density at radius 2 is 1.96 bits per heavy atom. The zero-order chi connectivity index (χ0) is 18.1. The minimum absolute atomic E-state index is 0.00351. The van der Waals surface area contributed by atoms with Crippen molar-refractivity contribution in [2.24, 2.45) is 0 Å². The molecule has 0 unspecified atom stereocenters. The fraction of sp³-hybridized carbons (Fsp3) is 0.0588. The maximum absolute atomic E-state index is 12.7. The number of carbonyl (C=O) groups is 1. The van der Waals surface area contributed by atoms with Crippen molar-refractivity contribution in [2.75, 3.05) is 12.0 Å². The van der Waals surface area contributed by atoms with E-state index in [4.69, 9.17) is 40.2 Å². The number of methoxy groups -OCH3 is 1. The molecule has 0 radical (unpaired) electrons. The number of hydrogen-bond donors (Lipinski definition) is 1. The van der Waals surface area contributed by atoms with Crippen LogP contribution in [0, 0.1) is 0 Å². The molecule has 2 aromatic carbocycles. The number of phenolic OH excluding ortho intramolecular Hbond substituents is 1. The summed E-state index contributed by atoms with van der Waals surface area (Å²) in [6.45, 7) is 0. The van der Waals surface area contributed by atoms with Crippen LogP contribution in [0.4, 0.5) is 5.69 Å². The zero-order valence-electron chi connectivity index (χ0n) is 12.8.